The first-order valence-corrected chi connectivity index (χ1v) is 8.90. The molecule has 1 aromatic rings. The molecule has 1 atom stereocenters. The number of rotatable bonds is 9. The molecular formula is C18H30ClIN4O2. The van der Waals surface area contributed by atoms with Crippen molar-refractivity contribution in [1.29, 1.82) is 0 Å². The van der Waals surface area contributed by atoms with Gasteiger partial charge in [0.05, 0.1) is 6.04 Å². The van der Waals surface area contributed by atoms with E-state index in [1.54, 1.807) is 14.1 Å². The molecule has 1 aromatic carbocycles. The molecular weight excluding hydrogens is 467 g/mol. The fourth-order valence-electron chi connectivity index (χ4n) is 2.03. The van der Waals surface area contributed by atoms with Crippen molar-refractivity contribution in [1.82, 2.24) is 15.5 Å². The number of halogens is 2. The van der Waals surface area contributed by atoms with Gasteiger partial charge in [0.15, 0.2) is 5.96 Å². The summed E-state index contributed by atoms with van der Waals surface area (Å²) in [6.07, 6.45) is 0.863. The maximum atomic E-state index is 11.8. The molecule has 0 aromatic heterocycles. The molecule has 148 valence electrons. The summed E-state index contributed by atoms with van der Waals surface area (Å²) < 4.78 is 5.33. The van der Waals surface area contributed by atoms with E-state index in [9.17, 15) is 4.79 Å². The van der Waals surface area contributed by atoms with Crippen LogP contribution in [0.5, 0.6) is 0 Å². The minimum Gasteiger partial charge on any atom is -0.382 e. The number of guanidine groups is 1. The highest BCUT2D eigenvalue weighted by Crippen LogP contribution is 2.17. The Morgan fingerprint density at radius 2 is 2.12 bits per heavy atom. The Labute approximate surface area is 178 Å². The molecule has 2 N–H and O–H groups in total. The summed E-state index contributed by atoms with van der Waals surface area (Å²) in [7, 11) is 3.43. The Balaban J connectivity index is 0.00000625. The van der Waals surface area contributed by atoms with E-state index in [1.807, 2.05) is 38.1 Å². The van der Waals surface area contributed by atoms with Gasteiger partial charge in [-0.3, -0.25) is 4.79 Å². The molecule has 0 radical (unpaired) electrons. The average molecular weight is 497 g/mol. The third kappa shape index (κ3) is 10.2. The molecule has 26 heavy (non-hydrogen) atoms. The lowest BCUT2D eigenvalue weighted by molar-refractivity contribution is -0.127. The van der Waals surface area contributed by atoms with Crippen LogP contribution in [0.4, 0.5) is 0 Å². The van der Waals surface area contributed by atoms with Crippen LogP contribution in [0.2, 0.25) is 5.02 Å². The smallest absolute Gasteiger partial charge is 0.243 e. The highest BCUT2D eigenvalue weighted by molar-refractivity contribution is 14.0. The molecule has 0 saturated carbocycles. The standard InChI is InChI=1S/C18H29ClN4O2.HI/c1-5-25-11-7-10-20-18(21-13-17(24)23(3)4)22-14(2)15-8-6-9-16(19)12-15;/h6,8-9,12,14H,5,7,10-11,13H2,1-4H3,(H2,20,21,22);1H. The number of ether oxygens (including phenoxy) is 1. The van der Waals surface area contributed by atoms with Crippen molar-refractivity contribution in [2.75, 3.05) is 40.4 Å². The second-order valence-electron chi connectivity index (χ2n) is 5.85. The van der Waals surface area contributed by atoms with Gasteiger partial charge in [0, 0.05) is 38.9 Å². The maximum absolute atomic E-state index is 11.8. The van der Waals surface area contributed by atoms with Crippen molar-refractivity contribution in [2.24, 2.45) is 4.99 Å². The Morgan fingerprint density at radius 3 is 2.73 bits per heavy atom. The van der Waals surface area contributed by atoms with Crippen molar-refractivity contribution in [3.63, 3.8) is 0 Å². The summed E-state index contributed by atoms with van der Waals surface area (Å²) in [6, 6.07) is 7.68. The number of aliphatic imine (C=N–C) groups is 1. The predicted octanol–water partition coefficient (Wildman–Crippen LogP) is 3.07. The third-order valence-electron chi connectivity index (χ3n) is 3.54. The lowest BCUT2D eigenvalue weighted by Crippen LogP contribution is -2.40. The van der Waals surface area contributed by atoms with Gasteiger partial charge in [0.2, 0.25) is 5.91 Å². The molecule has 6 nitrogen and oxygen atoms in total. The van der Waals surface area contributed by atoms with Crippen LogP contribution in [0.3, 0.4) is 0 Å². The number of hydrogen-bond acceptors (Lipinski definition) is 3. The lowest BCUT2D eigenvalue weighted by atomic mass is 10.1. The van der Waals surface area contributed by atoms with Crippen molar-refractivity contribution in [3.05, 3.63) is 34.9 Å². The van der Waals surface area contributed by atoms with Crippen molar-refractivity contribution in [3.8, 4) is 0 Å². The lowest BCUT2D eigenvalue weighted by Gasteiger charge is -2.19. The predicted molar refractivity (Wildman–Crippen MR) is 119 cm³/mol. The van der Waals surface area contributed by atoms with Gasteiger partial charge in [0.25, 0.3) is 0 Å². The van der Waals surface area contributed by atoms with Crippen LogP contribution in [0.15, 0.2) is 29.3 Å². The Hall–Kier alpha value is -1.06. The molecule has 0 fully saturated rings. The van der Waals surface area contributed by atoms with E-state index in [4.69, 9.17) is 16.3 Å². The maximum Gasteiger partial charge on any atom is 0.243 e. The van der Waals surface area contributed by atoms with Crippen LogP contribution in [-0.4, -0.2) is 57.2 Å². The third-order valence-corrected chi connectivity index (χ3v) is 3.77. The van der Waals surface area contributed by atoms with Crippen molar-refractivity contribution >= 4 is 47.4 Å². The second kappa shape index (κ2) is 14.1. The summed E-state index contributed by atoms with van der Waals surface area (Å²) in [5.41, 5.74) is 1.05. The summed E-state index contributed by atoms with van der Waals surface area (Å²) >= 11 is 6.06. The van der Waals surface area contributed by atoms with Gasteiger partial charge in [-0.1, -0.05) is 23.7 Å². The molecule has 0 aliphatic carbocycles. The molecule has 1 rings (SSSR count). The highest BCUT2D eigenvalue weighted by Gasteiger charge is 2.10. The molecule has 1 amide bonds. The summed E-state index contributed by atoms with van der Waals surface area (Å²) in [5.74, 6) is 0.546. The Morgan fingerprint density at radius 1 is 1.38 bits per heavy atom. The van der Waals surface area contributed by atoms with Gasteiger partial charge in [-0.25, -0.2) is 4.99 Å². The minimum atomic E-state index is -0.0502. The molecule has 1 unspecified atom stereocenters. The summed E-state index contributed by atoms with van der Waals surface area (Å²) in [6.45, 7) is 6.21. The highest BCUT2D eigenvalue weighted by atomic mass is 127. The summed E-state index contributed by atoms with van der Waals surface area (Å²) in [5, 5.41) is 7.25. The quantitative estimate of drug-likeness (QED) is 0.239. The van der Waals surface area contributed by atoms with Gasteiger partial charge in [0.1, 0.15) is 6.54 Å². The zero-order valence-corrected chi connectivity index (χ0v) is 19.0. The van der Waals surface area contributed by atoms with Crippen LogP contribution in [0.1, 0.15) is 31.9 Å². The number of nitrogens with one attached hydrogen (secondary N) is 2. The van der Waals surface area contributed by atoms with E-state index in [-0.39, 0.29) is 42.5 Å². The average Bonchev–Trinajstić information content (AvgIpc) is 2.58. The van der Waals surface area contributed by atoms with E-state index in [0.29, 0.717) is 30.7 Å². The zero-order chi connectivity index (χ0) is 18.7. The van der Waals surface area contributed by atoms with Gasteiger partial charge >= 0.3 is 0 Å². The van der Waals surface area contributed by atoms with E-state index in [1.165, 1.54) is 4.90 Å². The van der Waals surface area contributed by atoms with E-state index < -0.39 is 0 Å². The van der Waals surface area contributed by atoms with E-state index >= 15 is 0 Å². The number of benzene rings is 1. The fraction of sp³-hybridized carbons (Fsp3) is 0.556. The number of hydrogen-bond donors (Lipinski definition) is 2. The van der Waals surface area contributed by atoms with E-state index in [0.717, 1.165) is 12.0 Å². The Bertz CT molecular complexity index is 570. The van der Waals surface area contributed by atoms with Crippen molar-refractivity contribution < 1.29 is 9.53 Å². The Kier molecular flexibility index (Phi) is 13.5. The van der Waals surface area contributed by atoms with Crippen LogP contribution < -0.4 is 10.6 Å². The van der Waals surface area contributed by atoms with Gasteiger partial charge < -0.3 is 20.3 Å². The minimum absolute atomic E-state index is 0. The number of carbonyl (C=O) groups excluding carboxylic acids is 1. The van der Waals surface area contributed by atoms with Gasteiger partial charge in [-0.2, -0.15) is 0 Å². The fourth-order valence-corrected chi connectivity index (χ4v) is 2.23. The van der Waals surface area contributed by atoms with Crippen LogP contribution in [0, 0.1) is 0 Å². The molecule has 0 saturated heterocycles. The van der Waals surface area contributed by atoms with Crippen LogP contribution in [-0.2, 0) is 9.53 Å². The van der Waals surface area contributed by atoms with Crippen molar-refractivity contribution in [2.45, 2.75) is 26.3 Å². The zero-order valence-electron chi connectivity index (χ0n) is 15.9. The van der Waals surface area contributed by atoms with Crippen LogP contribution >= 0.6 is 35.6 Å². The number of amides is 1. The monoisotopic (exact) mass is 496 g/mol. The second-order valence-corrected chi connectivity index (χ2v) is 6.29. The van der Waals surface area contributed by atoms with Crippen LogP contribution in [0.25, 0.3) is 0 Å². The molecule has 8 heteroatoms. The molecule has 0 spiro atoms. The molecule has 0 bridgehead atoms. The largest absolute Gasteiger partial charge is 0.382 e. The first kappa shape index (κ1) is 24.9. The molecule has 0 heterocycles. The van der Waals surface area contributed by atoms with E-state index in [2.05, 4.69) is 15.6 Å². The first-order valence-electron chi connectivity index (χ1n) is 8.52. The number of likely N-dealkylation sites (N-methyl/N-ethyl adjacent to an activating group) is 1. The molecule has 0 aliphatic heterocycles. The SMILES string of the molecule is CCOCCCNC(=NCC(=O)N(C)C)NC(C)c1cccc(Cl)c1.I. The first-order chi connectivity index (χ1) is 11.9. The number of carbonyl (C=O) groups is 1. The topological polar surface area (TPSA) is 66.0 Å². The molecule has 0 aliphatic rings. The summed E-state index contributed by atoms with van der Waals surface area (Å²) in [4.78, 5) is 17.7. The number of nitrogens with zero attached hydrogens (tertiary/aromatic N) is 2. The normalized spacial score (nSPS) is 12.1. The van der Waals surface area contributed by atoms with Gasteiger partial charge in [-0.15, -0.1) is 24.0 Å². The van der Waals surface area contributed by atoms with Gasteiger partial charge in [-0.05, 0) is 38.0 Å².